The summed E-state index contributed by atoms with van der Waals surface area (Å²) in [6.45, 7) is 3.20. The van der Waals surface area contributed by atoms with Gasteiger partial charge in [0.05, 0.1) is 24.1 Å². The number of aromatic nitrogens is 3. The van der Waals surface area contributed by atoms with Gasteiger partial charge in [0.15, 0.2) is 11.6 Å². The number of carbonyl (C=O) groups is 1. The van der Waals surface area contributed by atoms with Crippen molar-refractivity contribution in [2.24, 2.45) is 5.92 Å². The van der Waals surface area contributed by atoms with E-state index >= 15 is 0 Å². The number of nitrogens with one attached hydrogen (secondary N) is 1. The predicted molar refractivity (Wildman–Crippen MR) is 137 cm³/mol. The molecule has 0 atom stereocenters. The van der Waals surface area contributed by atoms with Crippen LogP contribution >= 0.6 is 11.6 Å². The molecular weight excluding hydrogens is 483 g/mol. The number of piperidine rings is 1. The first-order valence-corrected chi connectivity index (χ1v) is 12.5. The highest BCUT2D eigenvalue weighted by Gasteiger charge is 2.23. The van der Waals surface area contributed by atoms with E-state index in [9.17, 15) is 9.18 Å². The summed E-state index contributed by atoms with van der Waals surface area (Å²) in [6, 6.07) is 8.10. The van der Waals surface area contributed by atoms with Crippen LogP contribution in [0.15, 0.2) is 42.7 Å². The Morgan fingerprint density at radius 1 is 1.19 bits per heavy atom. The van der Waals surface area contributed by atoms with Crippen LogP contribution in [0, 0.1) is 11.7 Å². The minimum atomic E-state index is -0.510. The van der Waals surface area contributed by atoms with Crippen molar-refractivity contribution in [3.63, 3.8) is 0 Å². The normalized spacial score (nSPS) is 16.4. The lowest BCUT2D eigenvalue weighted by Crippen LogP contribution is -2.30. The van der Waals surface area contributed by atoms with Crippen LogP contribution in [0.1, 0.15) is 25.7 Å². The number of anilines is 3. The van der Waals surface area contributed by atoms with Crippen LogP contribution in [-0.4, -0.2) is 59.0 Å². The molecule has 8 nitrogen and oxygen atoms in total. The highest BCUT2D eigenvalue weighted by Crippen LogP contribution is 2.39. The molecular formula is C26H28ClFN6O2. The zero-order valence-corrected chi connectivity index (χ0v) is 20.8. The third kappa shape index (κ3) is 5.57. The average molecular weight is 511 g/mol. The molecule has 188 valence electrons. The molecule has 1 saturated heterocycles. The molecule has 0 radical (unpaired) electrons. The molecule has 3 aromatic heterocycles. The Kier molecular flexibility index (Phi) is 7.29. The van der Waals surface area contributed by atoms with Crippen LogP contribution in [0.5, 0.6) is 5.75 Å². The standard InChI is InChI=1S/C26H28ClFN6O2/c1-33-10-7-17(8-11-33)2-5-25(35)32-24-14-18(6-9-29-24)34-12-13-36-22-16-30-20(15-21(22)34)26-19(28)3-4-23(27)31-26/h3-4,6,9,14-17H,2,5,7-8,10-13H2,1H3,(H,29,32,35). The minimum absolute atomic E-state index is 0.0325. The Balaban J connectivity index is 1.32. The van der Waals surface area contributed by atoms with E-state index in [4.69, 9.17) is 16.3 Å². The zero-order valence-electron chi connectivity index (χ0n) is 20.1. The van der Waals surface area contributed by atoms with Crippen molar-refractivity contribution in [1.29, 1.82) is 0 Å². The van der Waals surface area contributed by atoms with E-state index in [-0.39, 0.29) is 16.8 Å². The molecule has 0 spiro atoms. The number of amides is 1. The van der Waals surface area contributed by atoms with Gasteiger partial charge >= 0.3 is 0 Å². The first-order valence-electron chi connectivity index (χ1n) is 12.1. The summed E-state index contributed by atoms with van der Waals surface area (Å²) in [7, 11) is 2.14. The Labute approximate surface area is 214 Å². The summed E-state index contributed by atoms with van der Waals surface area (Å²) in [5, 5.41) is 3.12. The molecule has 3 aromatic rings. The third-order valence-electron chi connectivity index (χ3n) is 6.71. The van der Waals surface area contributed by atoms with Crippen LogP contribution < -0.4 is 15.0 Å². The number of fused-ring (bicyclic) bond motifs is 1. The first-order chi connectivity index (χ1) is 17.5. The Morgan fingerprint density at radius 3 is 2.86 bits per heavy atom. The average Bonchev–Trinajstić information content (AvgIpc) is 2.89. The van der Waals surface area contributed by atoms with E-state index in [0.717, 1.165) is 43.7 Å². The van der Waals surface area contributed by atoms with Gasteiger partial charge in [-0.3, -0.25) is 9.78 Å². The maximum absolute atomic E-state index is 14.4. The van der Waals surface area contributed by atoms with Crippen molar-refractivity contribution in [1.82, 2.24) is 19.9 Å². The smallest absolute Gasteiger partial charge is 0.225 e. The lowest BCUT2D eigenvalue weighted by atomic mass is 9.92. The van der Waals surface area contributed by atoms with Gasteiger partial charge in [-0.1, -0.05) is 11.6 Å². The number of halogens is 2. The number of nitrogens with zero attached hydrogens (tertiary/aromatic N) is 5. The highest BCUT2D eigenvalue weighted by molar-refractivity contribution is 6.29. The number of pyridine rings is 3. The fraction of sp³-hybridized carbons (Fsp3) is 0.385. The molecule has 10 heteroatoms. The highest BCUT2D eigenvalue weighted by atomic mass is 35.5. The number of carbonyl (C=O) groups excluding carboxylic acids is 1. The summed E-state index contributed by atoms with van der Waals surface area (Å²) in [6.07, 6.45) is 6.87. The molecule has 36 heavy (non-hydrogen) atoms. The van der Waals surface area contributed by atoms with Crippen LogP contribution in [0.25, 0.3) is 11.4 Å². The van der Waals surface area contributed by atoms with E-state index in [1.165, 1.54) is 12.1 Å². The Bertz CT molecular complexity index is 1250. The van der Waals surface area contributed by atoms with E-state index in [1.54, 1.807) is 18.5 Å². The molecule has 2 aliphatic rings. The molecule has 0 saturated carbocycles. The molecule has 5 rings (SSSR count). The van der Waals surface area contributed by atoms with Gasteiger partial charge in [0.2, 0.25) is 5.91 Å². The van der Waals surface area contributed by atoms with Crippen molar-refractivity contribution in [3.05, 3.63) is 53.7 Å². The van der Waals surface area contributed by atoms with Gasteiger partial charge in [0.1, 0.15) is 23.3 Å². The van der Waals surface area contributed by atoms with Crippen molar-refractivity contribution >= 4 is 34.7 Å². The second-order valence-corrected chi connectivity index (χ2v) is 9.62. The van der Waals surface area contributed by atoms with E-state index in [0.29, 0.717) is 42.8 Å². The zero-order chi connectivity index (χ0) is 25.1. The Hall–Kier alpha value is -3.30. The molecule has 1 amide bonds. The third-order valence-corrected chi connectivity index (χ3v) is 6.92. The van der Waals surface area contributed by atoms with Gasteiger partial charge in [0.25, 0.3) is 0 Å². The van der Waals surface area contributed by atoms with Crippen molar-refractivity contribution in [3.8, 4) is 17.1 Å². The number of rotatable bonds is 6. The lowest BCUT2D eigenvalue weighted by Gasteiger charge is -2.31. The van der Waals surface area contributed by atoms with Gasteiger partial charge in [-0.05, 0) is 69.6 Å². The van der Waals surface area contributed by atoms with Gasteiger partial charge < -0.3 is 19.9 Å². The van der Waals surface area contributed by atoms with Gasteiger partial charge in [-0.25, -0.2) is 14.4 Å². The van der Waals surface area contributed by atoms with E-state index < -0.39 is 5.82 Å². The van der Waals surface area contributed by atoms with E-state index in [2.05, 4.69) is 32.2 Å². The maximum Gasteiger partial charge on any atom is 0.225 e. The Morgan fingerprint density at radius 2 is 2.03 bits per heavy atom. The van der Waals surface area contributed by atoms with Gasteiger partial charge in [0, 0.05) is 24.4 Å². The summed E-state index contributed by atoms with van der Waals surface area (Å²) < 4.78 is 20.2. The fourth-order valence-electron chi connectivity index (χ4n) is 4.66. The summed E-state index contributed by atoms with van der Waals surface area (Å²) in [5.74, 6) is 1.12. The van der Waals surface area contributed by atoms with Crippen molar-refractivity contribution < 1.29 is 13.9 Å². The summed E-state index contributed by atoms with van der Waals surface area (Å²) in [5.41, 5.74) is 1.97. The minimum Gasteiger partial charge on any atom is -0.488 e. The molecule has 2 aliphatic heterocycles. The molecule has 0 aliphatic carbocycles. The van der Waals surface area contributed by atoms with Crippen molar-refractivity contribution in [2.45, 2.75) is 25.7 Å². The second-order valence-electron chi connectivity index (χ2n) is 9.23. The fourth-order valence-corrected chi connectivity index (χ4v) is 4.81. The number of ether oxygens (including phenoxy) is 1. The molecule has 0 unspecified atom stereocenters. The van der Waals surface area contributed by atoms with Gasteiger partial charge in [-0.15, -0.1) is 0 Å². The van der Waals surface area contributed by atoms with Gasteiger partial charge in [-0.2, -0.15) is 0 Å². The molecule has 1 fully saturated rings. The lowest BCUT2D eigenvalue weighted by molar-refractivity contribution is -0.116. The van der Waals surface area contributed by atoms with Crippen LogP contribution in [0.4, 0.5) is 21.6 Å². The number of hydrogen-bond donors (Lipinski definition) is 1. The number of likely N-dealkylation sites (tertiary alicyclic amines) is 1. The van der Waals surface area contributed by atoms with Crippen LogP contribution in [-0.2, 0) is 4.79 Å². The molecule has 0 bridgehead atoms. The SMILES string of the molecule is CN1CCC(CCC(=O)Nc2cc(N3CCOc4cnc(-c5nc(Cl)ccc5F)cc43)ccn2)CC1. The number of hydrogen-bond acceptors (Lipinski definition) is 7. The van der Waals surface area contributed by atoms with Crippen LogP contribution in [0.3, 0.4) is 0 Å². The predicted octanol–water partition coefficient (Wildman–Crippen LogP) is 4.92. The quantitative estimate of drug-likeness (QED) is 0.471. The first kappa shape index (κ1) is 24.4. The largest absolute Gasteiger partial charge is 0.488 e. The summed E-state index contributed by atoms with van der Waals surface area (Å²) >= 11 is 5.98. The maximum atomic E-state index is 14.4. The second kappa shape index (κ2) is 10.8. The molecule has 5 heterocycles. The van der Waals surface area contributed by atoms with E-state index in [1.807, 2.05) is 17.0 Å². The summed E-state index contributed by atoms with van der Waals surface area (Å²) in [4.78, 5) is 29.7. The molecule has 0 aromatic carbocycles. The van der Waals surface area contributed by atoms with Crippen LogP contribution in [0.2, 0.25) is 5.15 Å². The molecule has 1 N–H and O–H groups in total. The monoisotopic (exact) mass is 510 g/mol. The topological polar surface area (TPSA) is 83.5 Å². The van der Waals surface area contributed by atoms with Crippen molar-refractivity contribution in [2.75, 3.05) is 43.5 Å².